The van der Waals surface area contributed by atoms with Crippen molar-refractivity contribution < 1.29 is 80.2 Å². The minimum absolute atomic E-state index is 0.0833. The molecule has 0 heterocycles. The zero-order chi connectivity index (χ0) is 65.2. The maximum absolute atomic E-state index is 13.0. The molecule has 2 unspecified atom stereocenters. The molecule has 0 fully saturated rings. The van der Waals surface area contributed by atoms with Crippen molar-refractivity contribution in [1.82, 2.24) is 0 Å². The Hall–Kier alpha value is -2.46. The van der Waals surface area contributed by atoms with Gasteiger partial charge in [-0.2, -0.15) is 0 Å². The van der Waals surface area contributed by atoms with Crippen molar-refractivity contribution in [1.29, 1.82) is 0 Å². The first kappa shape index (κ1) is 85.5. The Kier molecular flexibility index (Phi) is 57.9. The van der Waals surface area contributed by atoms with Gasteiger partial charge in [0, 0.05) is 25.7 Å². The fourth-order valence-corrected chi connectivity index (χ4v) is 11.4. The van der Waals surface area contributed by atoms with E-state index in [0.717, 1.165) is 115 Å². The van der Waals surface area contributed by atoms with E-state index in [-0.39, 0.29) is 25.7 Å². The largest absolute Gasteiger partial charge is 0.472 e. The zero-order valence-corrected chi connectivity index (χ0v) is 58.5. The molecule has 0 amide bonds. The first-order valence-electron chi connectivity index (χ1n) is 35.2. The highest BCUT2D eigenvalue weighted by molar-refractivity contribution is 7.47. The number of hydrogen-bond acceptors (Lipinski definition) is 15. The average molecular weight is 1290 g/mol. The summed E-state index contributed by atoms with van der Waals surface area (Å²) in [6.45, 7) is 11.6. The van der Waals surface area contributed by atoms with E-state index in [0.29, 0.717) is 37.5 Å². The average Bonchev–Trinajstić information content (AvgIpc) is 3.58. The highest BCUT2D eigenvalue weighted by atomic mass is 31.2. The smallest absolute Gasteiger partial charge is 0.462 e. The lowest BCUT2D eigenvalue weighted by Gasteiger charge is -2.21. The van der Waals surface area contributed by atoms with Gasteiger partial charge in [0.15, 0.2) is 12.2 Å². The van der Waals surface area contributed by atoms with Gasteiger partial charge in [0.2, 0.25) is 0 Å². The molecule has 0 radical (unpaired) electrons. The molecule has 0 aromatic rings. The number of aliphatic hydroxyl groups is 1. The molecule has 17 nitrogen and oxygen atoms in total. The van der Waals surface area contributed by atoms with Gasteiger partial charge in [0.25, 0.3) is 0 Å². The first-order chi connectivity index (χ1) is 42.2. The summed E-state index contributed by atoms with van der Waals surface area (Å²) in [7, 11) is -9.91. The number of rotatable bonds is 65. The van der Waals surface area contributed by atoms with Gasteiger partial charge >= 0.3 is 39.5 Å². The standard InChI is InChI=1S/C69H130O17P2/c1-8-9-10-11-12-13-14-15-16-17-22-25-28-38-45-52-68(73)85-64(57-80-67(72)51-44-37-31-29-34-41-48-61(4)5)58-83-87(75,76)81-54-63(70)55-82-88(77,78)84-59-65(86-69(74)53-46-39-32-30-35-42-49-62(6)7)56-79-66(71)50-43-36-27-24-21-19-18-20-23-26-33-40-47-60(2)3/h13-16,60-65,70H,8-12,17-59H2,1-7H3,(H,75,76)(H,77,78)/b14-13-,16-15-/t63-,64+,65+/m0/s1. The summed E-state index contributed by atoms with van der Waals surface area (Å²) in [5.74, 6) is -0.0413. The number of hydrogen-bond donors (Lipinski definition) is 3. The molecule has 0 saturated heterocycles. The summed E-state index contributed by atoms with van der Waals surface area (Å²) in [4.78, 5) is 72.4. The number of esters is 4. The van der Waals surface area contributed by atoms with Gasteiger partial charge in [-0.15, -0.1) is 0 Å². The zero-order valence-electron chi connectivity index (χ0n) is 56.7. The lowest BCUT2D eigenvalue weighted by atomic mass is 10.0. The lowest BCUT2D eigenvalue weighted by Crippen LogP contribution is -2.30. The molecule has 88 heavy (non-hydrogen) atoms. The van der Waals surface area contributed by atoms with E-state index in [1.807, 2.05) is 0 Å². The third-order valence-electron chi connectivity index (χ3n) is 15.3. The van der Waals surface area contributed by atoms with Gasteiger partial charge in [0.1, 0.15) is 19.3 Å². The van der Waals surface area contributed by atoms with E-state index in [1.54, 1.807) is 0 Å². The highest BCUT2D eigenvalue weighted by Gasteiger charge is 2.30. The molecule has 0 aromatic heterocycles. The van der Waals surface area contributed by atoms with Gasteiger partial charge in [-0.25, -0.2) is 9.13 Å². The third kappa shape index (κ3) is 62.4. The van der Waals surface area contributed by atoms with Crippen molar-refractivity contribution >= 4 is 39.5 Å². The molecule has 0 aliphatic heterocycles. The maximum atomic E-state index is 13.0. The van der Waals surface area contributed by atoms with Crippen molar-refractivity contribution in [3.63, 3.8) is 0 Å². The quantitative estimate of drug-likeness (QED) is 0.0169. The Morgan fingerprint density at radius 2 is 0.614 bits per heavy atom. The van der Waals surface area contributed by atoms with Crippen LogP contribution in [0.1, 0.15) is 318 Å². The summed E-state index contributed by atoms with van der Waals surface area (Å²) in [6.07, 6.45) is 45.6. The van der Waals surface area contributed by atoms with Crippen LogP contribution in [0.5, 0.6) is 0 Å². The number of unbranched alkanes of at least 4 members (excludes halogenated alkanes) is 30. The Bertz CT molecular complexity index is 1830. The second kappa shape index (κ2) is 59.5. The van der Waals surface area contributed by atoms with Gasteiger partial charge in [-0.1, -0.05) is 265 Å². The minimum Gasteiger partial charge on any atom is -0.462 e. The van der Waals surface area contributed by atoms with Crippen LogP contribution in [0.15, 0.2) is 24.3 Å². The van der Waals surface area contributed by atoms with Crippen molar-refractivity contribution in [3.05, 3.63) is 24.3 Å². The lowest BCUT2D eigenvalue weighted by molar-refractivity contribution is -0.161. The monoisotopic (exact) mass is 1290 g/mol. The molecular weight excluding hydrogens is 1160 g/mol. The normalized spacial score (nSPS) is 14.4. The first-order valence-corrected chi connectivity index (χ1v) is 38.2. The molecule has 3 N–H and O–H groups in total. The number of ether oxygens (including phenoxy) is 4. The van der Waals surface area contributed by atoms with Crippen LogP contribution in [0.4, 0.5) is 0 Å². The molecule has 0 aliphatic rings. The SMILES string of the molecule is CCCCCC/C=C\C=C/CCCCCCCC(=O)O[C@H](COC(=O)CCCCCCCCC(C)C)COP(=O)(O)OC[C@H](O)COP(=O)(O)OC[C@@H](COC(=O)CCCCCCCCCCCCCCC(C)C)OC(=O)CCCCCCCCC(C)C. The summed E-state index contributed by atoms with van der Waals surface area (Å²) in [6, 6.07) is 0. The molecule has 19 heteroatoms. The van der Waals surface area contributed by atoms with E-state index < -0.39 is 97.5 Å². The number of allylic oxidation sites excluding steroid dienone is 4. The van der Waals surface area contributed by atoms with E-state index in [4.69, 9.17) is 37.0 Å². The van der Waals surface area contributed by atoms with Crippen LogP contribution >= 0.6 is 15.6 Å². The molecule has 0 rings (SSSR count). The van der Waals surface area contributed by atoms with Crippen LogP contribution < -0.4 is 0 Å². The van der Waals surface area contributed by atoms with E-state index in [1.165, 1.54) is 109 Å². The van der Waals surface area contributed by atoms with Gasteiger partial charge in [-0.3, -0.25) is 37.3 Å². The molecule has 0 saturated carbocycles. The topological polar surface area (TPSA) is 237 Å². The molecular formula is C69H130O17P2. The van der Waals surface area contributed by atoms with Crippen LogP contribution in [-0.4, -0.2) is 96.7 Å². The van der Waals surface area contributed by atoms with Gasteiger partial charge in [-0.05, 0) is 69.1 Å². The number of phosphoric ester groups is 2. The summed E-state index contributed by atoms with van der Waals surface area (Å²) in [5, 5.41) is 10.6. The van der Waals surface area contributed by atoms with Crippen LogP contribution in [0.3, 0.4) is 0 Å². The molecule has 0 aliphatic carbocycles. The third-order valence-corrected chi connectivity index (χ3v) is 17.2. The summed E-state index contributed by atoms with van der Waals surface area (Å²) >= 11 is 0. The Morgan fingerprint density at radius 3 is 0.920 bits per heavy atom. The van der Waals surface area contributed by atoms with Gasteiger partial charge < -0.3 is 33.8 Å². The maximum Gasteiger partial charge on any atom is 0.472 e. The predicted octanol–water partition coefficient (Wildman–Crippen LogP) is 19.0. The molecule has 5 atom stereocenters. The highest BCUT2D eigenvalue weighted by Crippen LogP contribution is 2.45. The summed E-state index contributed by atoms with van der Waals surface area (Å²) < 4.78 is 68.1. The van der Waals surface area contributed by atoms with Crippen LogP contribution in [0.25, 0.3) is 0 Å². The Morgan fingerprint density at radius 1 is 0.352 bits per heavy atom. The Balaban J connectivity index is 5.23. The predicted molar refractivity (Wildman–Crippen MR) is 354 cm³/mol. The second-order valence-electron chi connectivity index (χ2n) is 25.7. The van der Waals surface area contributed by atoms with Crippen molar-refractivity contribution in [3.8, 4) is 0 Å². The van der Waals surface area contributed by atoms with E-state index in [9.17, 15) is 43.2 Å². The molecule has 518 valence electrons. The number of phosphoric acid groups is 2. The van der Waals surface area contributed by atoms with E-state index in [2.05, 4.69) is 72.8 Å². The number of carbonyl (C=O) groups is 4. The summed E-state index contributed by atoms with van der Waals surface area (Å²) in [5.41, 5.74) is 0. The van der Waals surface area contributed by atoms with Crippen LogP contribution in [0, 0.1) is 17.8 Å². The Labute approximate surface area is 535 Å². The second-order valence-corrected chi connectivity index (χ2v) is 28.6. The van der Waals surface area contributed by atoms with Crippen LogP contribution in [0.2, 0.25) is 0 Å². The van der Waals surface area contributed by atoms with Crippen molar-refractivity contribution in [2.45, 2.75) is 336 Å². The van der Waals surface area contributed by atoms with Gasteiger partial charge in [0.05, 0.1) is 26.4 Å². The molecule has 0 spiro atoms. The van der Waals surface area contributed by atoms with E-state index >= 15 is 0 Å². The fourth-order valence-electron chi connectivity index (χ4n) is 9.82. The molecule has 0 bridgehead atoms. The fraction of sp³-hybridized carbons (Fsp3) is 0.884. The minimum atomic E-state index is -4.96. The molecule has 0 aromatic carbocycles. The number of carbonyl (C=O) groups excluding carboxylic acids is 4. The van der Waals surface area contributed by atoms with Crippen LogP contribution in [-0.2, 0) is 65.4 Å². The number of aliphatic hydroxyl groups excluding tert-OH is 1. The van der Waals surface area contributed by atoms with Crippen molar-refractivity contribution in [2.24, 2.45) is 17.8 Å². The van der Waals surface area contributed by atoms with Crippen molar-refractivity contribution in [2.75, 3.05) is 39.6 Å².